The van der Waals surface area contributed by atoms with Gasteiger partial charge in [-0.3, -0.25) is 14.8 Å². The van der Waals surface area contributed by atoms with Gasteiger partial charge < -0.3 is 15.8 Å². The van der Waals surface area contributed by atoms with E-state index in [-0.39, 0.29) is 30.4 Å². The van der Waals surface area contributed by atoms with Crippen LogP contribution in [0.3, 0.4) is 0 Å². The predicted molar refractivity (Wildman–Crippen MR) is 98.7 cm³/mol. The molecule has 0 atom stereocenters. The first-order chi connectivity index (χ1) is 12.5. The highest BCUT2D eigenvalue weighted by molar-refractivity contribution is 5.94. The Labute approximate surface area is 151 Å². The van der Waals surface area contributed by atoms with Crippen LogP contribution in [0.25, 0.3) is 0 Å². The third kappa shape index (κ3) is 3.87. The number of hydrogen-bond acceptors (Lipinski definition) is 3. The van der Waals surface area contributed by atoms with Gasteiger partial charge in [-0.2, -0.15) is 0 Å². The maximum absolute atomic E-state index is 12.0. The number of H-pyrrole nitrogens is 1. The molecule has 1 saturated carbocycles. The molecule has 1 aliphatic carbocycles. The van der Waals surface area contributed by atoms with Gasteiger partial charge in [-0.15, -0.1) is 0 Å². The lowest BCUT2D eigenvalue weighted by molar-refractivity contribution is -0.137. The van der Waals surface area contributed by atoms with Crippen molar-refractivity contribution in [3.05, 3.63) is 57.8 Å². The SMILES string of the molecule is N=C(N)c1ccc(C2CCC(c3c[nH]c(=O)n3CCC(=O)O)CC2)cc1. The summed E-state index contributed by atoms with van der Waals surface area (Å²) in [5.74, 6) is -0.0882. The highest BCUT2D eigenvalue weighted by Gasteiger charge is 2.26. The van der Waals surface area contributed by atoms with Crippen molar-refractivity contribution in [3.8, 4) is 0 Å². The summed E-state index contributed by atoms with van der Waals surface area (Å²) in [5, 5.41) is 16.3. The number of rotatable bonds is 6. The first-order valence-electron chi connectivity index (χ1n) is 8.90. The maximum atomic E-state index is 12.0. The molecule has 3 rings (SSSR count). The summed E-state index contributed by atoms with van der Waals surface area (Å²) in [4.78, 5) is 25.5. The second-order valence-electron chi connectivity index (χ2n) is 6.90. The van der Waals surface area contributed by atoms with Crippen molar-refractivity contribution in [1.82, 2.24) is 9.55 Å². The smallest absolute Gasteiger partial charge is 0.325 e. The van der Waals surface area contributed by atoms with E-state index in [1.165, 1.54) is 5.56 Å². The van der Waals surface area contributed by atoms with Crippen molar-refractivity contribution in [2.75, 3.05) is 0 Å². The van der Waals surface area contributed by atoms with E-state index >= 15 is 0 Å². The second-order valence-corrected chi connectivity index (χ2v) is 6.90. The van der Waals surface area contributed by atoms with Gasteiger partial charge in [-0.05, 0) is 37.2 Å². The summed E-state index contributed by atoms with van der Waals surface area (Å²) in [6.45, 7) is 0.208. The molecule has 2 aromatic rings. The Balaban J connectivity index is 1.66. The summed E-state index contributed by atoms with van der Waals surface area (Å²) in [5.41, 5.74) is 8.17. The molecule has 1 aromatic carbocycles. The first kappa shape index (κ1) is 18.0. The van der Waals surface area contributed by atoms with Crippen molar-refractivity contribution in [1.29, 1.82) is 5.41 Å². The van der Waals surface area contributed by atoms with Crippen LogP contribution in [0.5, 0.6) is 0 Å². The number of aromatic amines is 1. The van der Waals surface area contributed by atoms with E-state index in [2.05, 4.69) is 4.98 Å². The van der Waals surface area contributed by atoms with Crippen molar-refractivity contribution in [2.24, 2.45) is 5.73 Å². The molecule has 0 aliphatic heterocycles. The Morgan fingerprint density at radius 3 is 2.38 bits per heavy atom. The Morgan fingerprint density at radius 1 is 1.19 bits per heavy atom. The molecule has 26 heavy (non-hydrogen) atoms. The summed E-state index contributed by atoms with van der Waals surface area (Å²) in [7, 11) is 0. The fourth-order valence-corrected chi connectivity index (χ4v) is 3.84. The summed E-state index contributed by atoms with van der Waals surface area (Å²) < 4.78 is 1.57. The zero-order valence-electron chi connectivity index (χ0n) is 14.6. The van der Waals surface area contributed by atoms with Crippen molar-refractivity contribution >= 4 is 11.8 Å². The third-order valence-corrected chi connectivity index (χ3v) is 5.29. The van der Waals surface area contributed by atoms with E-state index in [0.29, 0.717) is 5.92 Å². The molecule has 0 amide bonds. The number of nitrogen functional groups attached to an aromatic ring is 1. The number of aromatic nitrogens is 2. The Hall–Kier alpha value is -2.83. The van der Waals surface area contributed by atoms with Crippen LogP contribution in [-0.2, 0) is 11.3 Å². The Bertz CT molecular complexity index is 842. The van der Waals surface area contributed by atoms with E-state index in [1.54, 1.807) is 10.8 Å². The number of nitrogens with zero attached hydrogens (tertiary/aromatic N) is 1. The number of carboxylic acid groups (broad SMARTS) is 1. The minimum atomic E-state index is -0.901. The molecular formula is C19H24N4O3. The van der Waals surface area contributed by atoms with E-state index in [4.69, 9.17) is 16.2 Å². The average molecular weight is 356 g/mol. The lowest BCUT2D eigenvalue weighted by atomic mass is 9.77. The molecule has 1 fully saturated rings. The predicted octanol–water partition coefficient (Wildman–Crippen LogP) is 2.38. The van der Waals surface area contributed by atoms with E-state index in [1.807, 2.05) is 24.3 Å². The molecular weight excluding hydrogens is 332 g/mol. The highest BCUT2D eigenvalue weighted by atomic mass is 16.4. The van der Waals surface area contributed by atoms with Gasteiger partial charge in [0.1, 0.15) is 5.84 Å². The molecule has 1 aliphatic rings. The molecule has 7 heteroatoms. The average Bonchev–Trinajstić information content (AvgIpc) is 3.01. The molecule has 0 bridgehead atoms. The van der Waals surface area contributed by atoms with E-state index in [0.717, 1.165) is 36.9 Å². The molecule has 0 saturated heterocycles. The second kappa shape index (κ2) is 7.59. The first-order valence-corrected chi connectivity index (χ1v) is 8.90. The molecule has 0 radical (unpaired) electrons. The fraction of sp³-hybridized carbons (Fsp3) is 0.421. The van der Waals surface area contributed by atoms with Gasteiger partial charge in [-0.1, -0.05) is 24.3 Å². The normalized spacial score (nSPS) is 20.0. The number of benzene rings is 1. The van der Waals surface area contributed by atoms with Crippen LogP contribution in [0.4, 0.5) is 0 Å². The Kier molecular flexibility index (Phi) is 5.25. The standard InChI is InChI=1S/C19H24N4O3/c20-18(21)15-7-3-13(4-8-15)12-1-5-14(6-2-12)16-11-22-19(26)23(16)10-9-17(24)25/h3-4,7-8,11-12,14H,1-2,5-6,9-10H2,(H3,20,21)(H,22,26)(H,24,25). The number of hydrogen-bond donors (Lipinski definition) is 4. The minimum Gasteiger partial charge on any atom is -0.481 e. The number of imidazole rings is 1. The third-order valence-electron chi connectivity index (χ3n) is 5.29. The van der Waals surface area contributed by atoms with Crippen LogP contribution < -0.4 is 11.4 Å². The van der Waals surface area contributed by atoms with Gasteiger partial charge >= 0.3 is 11.7 Å². The number of carboxylic acids is 1. The van der Waals surface area contributed by atoms with Gasteiger partial charge in [0.05, 0.1) is 6.42 Å². The number of nitrogens with two attached hydrogens (primary N) is 1. The largest absolute Gasteiger partial charge is 0.481 e. The zero-order valence-corrected chi connectivity index (χ0v) is 14.6. The Morgan fingerprint density at radius 2 is 1.81 bits per heavy atom. The molecule has 7 nitrogen and oxygen atoms in total. The van der Waals surface area contributed by atoms with E-state index in [9.17, 15) is 9.59 Å². The summed E-state index contributed by atoms with van der Waals surface area (Å²) in [6.07, 6.45) is 5.64. The maximum Gasteiger partial charge on any atom is 0.325 e. The van der Waals surface area contributed by atoms with Crippen LogP contribution in [0, 0.1) is 5.41 Å². The van der Waals surface area contributed by atoms with Crippen LogP contribution >= 0.6 is 0 Å². The lowest BCUT2D eigenvalue weighted by Gasteiger charge is -2.29. The number of carbonyl (C=O) groups is 1. The van der Waals surface area contributed by atoms with Gasteiger partial charge in [0.15, 0.2) is 0 Å². The van der Waals surface area contributed by atoms with E-state index < -0.39 is 5.97 Å². The topological polar surface area (TPSA) is 125 Å². The molecule has 138 valence electrons. The van der Waals surface area contributed by atoms with Gasteiger partial charge in [0, 0.05) is 29.9 Å². The monoisotopic (exact) mass is 356 g/mol. The van der Waals surface area contributed by atoms with Gasteiger partial charge in [0.2, 0.25) is 0 Å². The fourth-order valence-electron chi connectivity index (χ4n) is 3.84. The van der Waals surface area contributed by atoms with Crippen molar-refractivity contribution in [3.63, 3.8) is 0 Å². The molecule has 0 unspecified atom stereocenters. The summed E-state index contributed by atoms with van der Waals surface area (Å²) >= 11 is 0. The van der Waals surface area contributed by atoms with Crippen LogP contribution in [-0.4, -0.2) is 26.5 Å². The van der Waals surface area contributed by atoms with Crippen molar-refractivity contribution < 1.29 is 9.90 Å². The molecule has 0 spiro atoms. The summed E-state index contributed by atoms with van der Waals surface area (Å²) in [6, 6.07) is 7.86. The van der Waals surface area contributed by atoms with Gasteiger partial charge in [0.25, 0.3) is 0 Å². The molecule has 5 N–H and O–H groups in total. The quantitative estimate of drug-likeness (QED) is 0.468. The minimum absolute atomic E-state index is 0.0530. The van der Waals surface area contributed by atoms with Crippen LogP contribution in [0.15, 0.2) is 35.3 Å². The van der Waals surface area contributed by atoms with Crippen molar-refractivity contribution in [2.45, 2.75) is 50.5 Å². The molecule has 1 heterocycles. The highest BCUT2D eigenvalue weighted by Crippen LogP contribution is 2.40. The number of amidine groups is 1. The molecule has 1 aromatic heterocycles. The van der Waals surface area contributed by atoms with Crippen LogP contribution in [0.1, 0.15) is 60.8 Å². The van der Waals surface area contributed by atoms with Gasteiger partial charge in [-0.25, -0.2) is 4.79 Å². The van der Waals surface area contributed by atoms with Crippen LogP contribution in [0.2, 0.25) is 0 Å². The lowest BCUT2D eigenvalue weighted by Crippen LogP contribution is -2.23. The number of aliphatic carboxylic acids is 1. The number of nitrogens with one attached hydrogen (secondary N) is 2. The zero-order chi connectivity index (χ0) is 18.7.